The van der Waals surface area contributed by atoms with E-state index in [2.05, 4.69) is 12.2 Å². The molecule has 0 unspecified atom stereocenters. The highest BCUT2D eigenvalue weighted by Crippen LogP contribution is 2.54. The minimum Gasteiger partial charge on any atom is -0.370 e. The minimum atomic E-state index is -0.598. The summed E-state index contributed by atoms with van der Waals surface area (Å²) in [6.45, 7) is 0. The van der Waals surface area contributed by atoms with E-state index in [1.54, 1.807) is 0 Å². The molecule has 1 heterocycles. The summed E-state index contributed by atoms with van der Waals surface area (Å²) in [7, 11) is 0. The number of amides is 3. The maximum absolute atomic E-state index is 12.9. The molecule has 0 radical (unpaired) electrons. The third kappa shape index (κ3) is 2.03. The standard InChI is InChI=1S/C18H18N2O3/c19-14(21)9-13(10-4-2-1-3-5-10)20-17(22)15-11-6-7-12(8-11)16(15)18(20)23/h1-7,11-13,15-16H,8-9H2,(H2,19,21)/t11-,12-,13-,15-,16+/m0/s1. The van der Waals surface area contributed by atoms with Gasteiger partial charge in [0.1, 0.15) is 0 Å². The zero-order chi connectivity index (χ0) is 16.1. The van der Waals surface area contributed by atoms with Gasteiger partial charge in [-0.15, -0.1) is 0 Å². The fourth-order valence-electron chi connectivity index (χ4n) is 4.46. The van der Waals surface area contributed by atoms with Gasteiger partial charge in [-0.05, 0) is 23.8 Å². The molecule has 1 saturated carbocycles. The number of imide groups is 1. The van der Waals surface area contributed by atoms with Gasteiger partial charge in [-0.3, -0.25) is 19.3 Å². The number of benzene rings is 1. The van der Waals surface area contributed by atoms with Crippen LogP contribution < -0.4 is 5.73 Å². The number of hydrogen-bond acceptors (Lipinski definition) is 3. The first kappa shape index (κ1) is 14.2. The number of rotatable bonds is 4. The van der Waals surface area contributed by atoms with E-state index in [0.29, 0.717) is 0 Å². The van der Waals surface area contributed by atoms with Crippen LogP contribution in [-0.2, 0) is 14.4 Å². The molecule has 118 valence electrons. The van der Waals surface area contributed by atoms with E-state index in [-0.39, 0.29) is 41.9 Å². The van der Waals surface area contributed by atoms with Crippen LogP contribution in [0.15, 0.2) is 42.5 Å². The van der Waals surface area contributed by atoms with E-state index in [1.807, 2.05) is 30.3 Å². The summed E-state index contributed by atoms with van der Waals surface area (Å²) in [4.78, 5) is 38.6. The van der Waals surface area contributed by atoms with Gasteiger partial charge >= 0.3 is 0 Å². The number of fused-ring (bicyclic) bond motifs is 5. The fourth-order valence-corrected chi connectivity index (χ4v) is 4.46. The van der Waals surface area contributed by atoms with Crippen molar-refractivity contribution in [1.29, 1.82) is 0 Å². The summed E-state index contributed by atoms with van der Waals surface area (Å²) in [6, 6.07) is 8.58. The molecular weight excluding hydrogens is 292 g/mol. The largest absolute Gasteiger partial charge is 0.370 e. The van der Waals surface area contributed by atoms with Crippen molar-refractivity contribution < 1.29 is 14.4 Å². The van der Waals surface area contributed by atoms with Crippen molar-refractivity contribution in [2.45, 2.75) is 18.9 Å². The topological polar surface area (TPSA) is 80.5 Å². The van der Waals surface area contributed by atoms with Gasteiger partial charge in [0.05, 0.1) is 24.3 Å². The monoisotopic (exact) mass is 310 g/mol. The van der Waals surface area contributed by atoms with Crippen LogP contribution >= 0.6 is 0 Å². The molecule has 2 N–H and O–H groups in total. The third-order valence-corrected chi connectivity index (χ3v) is 5.39. The summed E-state index contributed by atoms with van der Waals surface area (Å²) in [6.07, 6.45) is 4.98. The number of nitrogens with zero attached hydrogens (tertiary/aromatic N) is 1. The van der Waals surface area contributed by atoms with Crippen LogP contribution in [0.2, 0.25) is 0 Å². The van der Waals surface area contributed by atoms with Crippen molar-refractivity contribution >= 4 is 17.7 Å². The van der Waals surface area contributed by atoms with E-state index in [1.165, 1.54) is 4.90 Å². The lowest BCUT2D eigenvalue weighted by Crippen LogP contribution is -2.38. The molecule has 3 amide bonds. The van der Waals surface area contributed by atoms with Crippen LogP contribution in [0.5, 0.6) is 0 Å². The average molecular weight is 310 g/mol. The molecule has 0 spiro atoms. The molecule has 2 bridgehead atoms. The SMILES string of the molecule is NC(=O)C[C@@H](c1ccccc1)N1C(=O)[C@@H]2[C@H](C1=O)[C@H]1C=C[C@H]2C1. The third-order valence-electron chi connectivity index (χ3n) is 5.39. The van der Waals surface area contributed by atoms with Crippen molar-refractivity contribution in [2.75, 3.05) is 0 Å². The van der Waals surface area contributed by atoms with E-state index in [4.69, 9.17) is 5.73 Å². The zero-order valence-corrected chi connectivity index (χ0v) is 12.6. The Hall–Kier alpha value is -2.43. The normalized spacial score (nSPS) is 32.4. The Labute approximate surface area is 134 Å². The van der Waals surface area contributed by atoms with Crippen LogP contribution in [0.4, 0.5) is 0 Å². The van der Waals surface area contributed by atoms with Gasteiger partial charge in [0.2, 0.25) is 17.7 Å². The van der Waals surface area contributed by atoms with Crippen molar-refractivity contribution in [2.24, 2.45) is 29.4 Å². The Bertz CT molecular complexity index is 682. The highest BCUT2D eigenvalue weighted by Gasteiger charge is 2.60. The van der Waals surface area contributed by atoms with Gasteiger partial charge in [0.15, 0.2) is 0 Å². The lowest BCUT2D eigenvalue weighted by atomic mass is 9.85. The Morgan fingerprint density at radius 1 is 1.09 bits per heavy atom. The molecule has 2 fully saturated rings. The highest BCUT2D eigenvalue weighted by atomic mass is 16.2. The molecule has 4 rings (SSSR count). The Kier molecular flexibility index (Phi) is 3.11. The molecule has 2 aliphatic carbocycles. The molecule has 1 aromatic carbocycles. The quantitative estimate of drug-likeness (QED) is 0.674. The molecule has 1 saturated heterocycles. The van der Waals surface area contributed by atoms with Crippen molar-refractivity contribution in [3.8, 4) is 0 Å². The Morgan fingerprint density at radius 3 is 2.17 bits per heavy atom. The first-order valence-electron chi connectivity index (χ1n) is 7.96. The Morgan fingerprint density at radius 2 is 1.65 bits per heavy atom. The predicted molar refractivity (Wildman–Crippen MR) is 82.6 cm³/mol. The average Bonchev–Trinajstić information content (AvgIpc) is 3.20. The molecule has 0 aromatic heterocycles. The van der Waals surface area contributed by atoms with Crippen LogP contribution in [0.25, 0.3) is 0 Å². The summed E-state index contributed by atoms with van der Waals surface area (Å²) < 4.78 is 0. The van der Waals surface area contributed by atoms with Crippen LogP contribution in [0.3, 0.4) is 0 Å². The predicted octanol–water partition coefficient (Wildman–Crippen LogP) is 1.41. The van der Waals surface area contributed by atoms with Crippen molar-refractivity contribution in [3.05, 3.63) is 48.0 Å². The fraction of sp³-hybridized carbons (Fsp3) is 0.389. The first-order chi connectivity index (χ1) is 11.1. The van der Waals surface area contributed by atoms with Crippen molar-refractivity contribution in [1.82, 2.24) is 4.90 Å². The number of nitrogens with two attached hydrogens (primary N) is 1. The van der Waals surface area contributed by atoms with E-state index in [9.17, 15) is 14.4 Å². The van der Waals surface area contributed by atoms with Crippen LogP contribution in [-0.4, -0.2) is 22.6 Å². The first-order valence-corrected chi connectivity index (χ1v) is 7.96. The summed E-state index contributed by atoms with van der Waals surface area (Å²) in [5, 5.41) is 0. The van der Waals surface area contributed by atoms with E-state index >= 15 is 0 Å². The summed E-state index contributed by atoms with van der Waals surface area (Å²) in [5.41, 5.74) is 6.14. The van der Waals surface area contributed by atoms with Gasteiger partial charge in [-0.25, -0.2) is 0 Å². The number of carbonyl (C=O) groups excluding carboxylic acids is 3. The molecular formula is C18H18N2O3. The van der Waals surface area contributed by atoms with Gasteiger partial charge in [-0.2, -0.15) is 0 Å². The van der Waals surface area contributed by atoms with Gasteiger partial charge in [0, 0.05) is 0 Å². The second-order valence-electron chi connectivity index (χ2n) is 6.64. The number of hydrogen-bond donors (Lipinski definition) is 1. The van der Waals surface area contributed by atoms with Crippen LogP contribution in [0.1, 0.15) is 24.4 Å². The lowest BCUT2D eigenvalue weighted by molar-refractivity contribution is -0.144. The van der Waals surface area contributed by atoms with Crippen LogP contribution in [0, 0.1) is 23.7 Å². The molecule has 3 aliphatic rings. The maximum atomic E-state index is 12.9. The molecule has 5 heteroatoms. The van der Waals surface area contributed by atoms with Crippen molar-refractivity contribution in [3.63, 3.8) is 0 Å². The molecule has 1 aliphatic heterocycles. The second-order valence-corrected chi connectivity index (χ2v) is 6.64. The molecule has 5 nitrogen and oxygen atoms in total. The minimum absolute atomic E-state index is 0.0380. The number of allylic oxidation sites excluding steroid dienone is 2. The van der Waals surface area contributed by atoms with E-state index < -0.39 is 11.9 Å². The number of carbonyl (C=O) groups is 3. The highest BCUT2D eigenvalue weighted by molar-refractivity contribution is 6.07. The summed E-state index contributed by atoms with van der Waals surface area (Å²) >= 11 is 0. The van der Waals surface area contributed by atoms with Gasteiger partial charge in [0.25, 0.3) is 0 Å². The number of primary amides is 1. The Balaban J connectivity index is 1.71. The lowest BCUT2D eigenvalue weighted by Gasteiger charge is -2.27. The summed E-state index contributed by atoms with van der Waals surface area (Å²) in [5.74, 6) is -0.988. The molecule has 1 aromatic rings. The number of likely N-dealkylation sites (tertiary alicyclic amines) is 1. The zero-order valence-electron chi connectivity index (χ0n) is 12.6. The maximum Gasteiger partial charge on any atom is 0.234 e. The van der Waals surface area contributed by atoms with E-state index in [0.717, 1.165) is 12.0 Å². The molecule has 5 atom stereocenters. The molecule has 23 heavy (non-hydrogen) atoms. The van der Waals surface area contributed by atoms with Gasteiger partial charge in [-0.1, -0.05) is 42.5 Å². The van der Waals surface area contributed by atoms with Gasteiger partial charge < -0.3 is 5.73 Å². The second kappa shape index (κ2) is 5.05. The smallest absolute Gasteiger partial charge is 0.234 e.